The van der Waals surface area contributed by atoms with Crippen LogP contribution in [0, 0.1) is 19.3 Å². The second kappa shape index (κ2) is 9.67. The van der Waals surface area contributed by atoms with Crippen molar-refractivity contribution >= 4 is 29.6 Å². The summed E-state index contributed by atoms with van der Waals surface area (Å²) in [4.78, 5) is 38.9. The molecule has 0 aromatic heterocycles. The van der Waals surface area contributed by atoms with Crippen molar-refractivity contribution in [3.05, 3.63) is 71.3 Å². The van der Waals surface area contributed by atoms with Gasteiger partial charge in [0.05, 0.1) is 12.8 Å². The van der Waals surface area contributed by atoms with Crippen LogP contribution in [0.1, 0.15) is 16.7 Å². The first kappa shape index (κ1) is 22.4. The van der Waals surface area contributed by atoms with Gasteiger partial charge in [-0.05, 0) is 49.2 Å². The zero-order valence-electron chi connectivity index (χ0n) is 17.8. The summed E-state index contributed by atoms with van der Waals surface area (Å²) in [6, 6.07) is 9.40. The van der Waals surface area contributed by atoms with Crippen molar-refractivity contribution in [3.63, 3.8) is 0 Å². The van der Waals surface area contributed by atoms with Gasteiger partial charge in [-0.2, -0.15) is 0 Å². The quantitative estimate of drug-likeness (QED) is 0.315. The van der Waals surface area contributed by atoms with Crippen LogP contribution < -0.4 is 19.7 Å². The highest BCUT2D eigenvalue weighted by Crippen LogP contribution is 2.34. The number of nitrogens with one attached hydrogen (secondary N) is 1. The third kappa shape index (κ3) is 4.55. The largest absolute Gasteiger partial charge is 0.493 e. The van der Waals surface area contributed by atoms with Crippen molar-refractivity contribution < 1.29 is 23.9 Å². The number of hydrogen-bond donors (Lipinski definition) is 1. The number of hydrogen-bond acceptors (Lipinski definition) is 5. The number of ether oxygens (including phenoxy) is 2. The first-order chi connectivity index (χ1) is 15.4. The molecule has 1 aliphatic rings. The van der Waals surface area contributed by atoms with Crippen molar-refractivity contribution in [2.24, 2.45) is 0 Å². The van der Waals surface area contributed by atoms with Crippen LogP contribution in [0.25, 0.3) is 6.08 Å². The van der Waals surface area contributed by atoms with Crippen LogP contribution in [0.5, 0.6) is 11.5 Å². The maximum atomic E-state index is 13.1. The first-order valence-electron chi connectivity index (χ1n) is 9.75. The molecule has 2 aromatic rings. The number of barbiturate groups is 1. The molecule has 7 nitrogen and oxygen atoms in total. The number of nitrogens with zero attached hydrogens (tertiary/aromatic N) is 1. The number of terminal acetylenes is 1. The zero-order valence-corrected chi connectivity index (χ0v) is 17.8. The lowest BCUT2D eigenvalue weighted by Gasteiger charge is -2.26. The van der Waals surface area contributed by atoms with Crippen molar-refractivity contribution in [2.45, 2.75) is 13.3 Å². The summed E-state index contributed by atoms with van der Waals surface area (Å²) in [7, 11) is 1.48. The number of allylic oxidation sites excluding steroid dienone is 1. The fourth-order valence-corrected chi connectivity index (χ4v) is 3.26. The Bertz CT molecular complexity index is 1160. The van der Waals surface area contributed by atoms with E-state index < -0.39 is 17.8 Å². The number of aryl methyl sites for hydroxylation is 1. The molecule has 1 aliphatic heterocycles. The summed E-state index contributed by atoms with van der Waals surface area (Å²) in [5, 5.41) is 2.22. The van der Waals surface area contributed by atoms with Crippen LogP contribution in [0.2, 0.25) is 0 Å². The summed E-state index contributed by atoms with van der Waals surface area (Å²) in [6.45, 7) is 5.69. The summed E-state index contributed by atoms with van der Waals surface area (Å²) in [5.74, 6) is 1.76. The Balaban J connectivity index is 2.06. The lowest BCUT2D eigenvalue weighted by Crippen LogP contribution is -2.54. The van der Waals surface area contributed by atoms with Gasteiger partial charge in [0.2, 0.25) is 0 Å². The number of amides is 4. The Hall–Kier alpha value is -4.31. The summed E-state index contributed by atoms with van der Waals surface area (Å²) in [6.07, 6.45) is 8.84. The Kier molecular flexibility index (Phi) is 6.76. The average Bonchev–Trinajstić information content (AvgIpc) is 2.77. The Morgan fingerprint density at radius 2 is 1.91 bits per heavy atom. The molecule has 0 radical (unpaired) electrons. The number of rotatable bonds is 7. The van der Waals surface area contributed by atoms with Crippen LogP contribution in [-0.2, 0) is 16.0 Å². The summed E-state index contributed by atoms with van der Waals surface area (Å²) < 4.78 is 11.0. The highest BCUT2D eigenvalue weighted by molar-refractivity contribution is 6.39. The third-order valence-electron chi connectivity index (χ3n) is 4.74. The Morgan fingerprint density at radius 3 is 2.53 bits per heavy atom. The number of benzene rings is 2. The fraction of sp³-hybridized carbons (Fsp3) is 0.160. The van der Waals surface area contributed by atoms with E-state index in [0.29, 0.717) is 29.2 Å². The van der Waals surface area contributed by atoms with E-state index in [1.165, 1.54) is 13.2 Å². The Morgan fingerprint density at radius 1 is 1.19 bits per heavy atom. The van der Waals surface area contributed by atoms with Gasteiger partial charge in [0.1, 0.15) is 12.2 Å². The van der Waals surface area contributed by atoms with Gasteiger partial charge in [-0.25, -0.2) is 9.69 Å². The van der Waals surface area contributed by atoms with E-state index >= 15 is 0 Å². The molecule has 1 saturated heterocycles. The smallest absolute Gasteiger partial charge is 0.335 e. The molecule has 4 amide bonds. The molecule has 3 rings (SSSR count). The van der Waals surface area contributed by atoms with E-state index in [4.69, 9.17) is 15.9 Å². The van der Waals surface area contributed by atoms with Gasteiger partial charge in [-0.3, -0.25) is 14.9 Å². The molecule has 1 heterocycles. The standard InChI is InChI=1S/C25H22N2O5/c1-5-7-18-13-17(15-21(31-4)22(18)32-12-6-2)14-20-23(28)26-25(30)27(24(20)29)19-10-8-16(3)9-11-19/h2,5,8-11,13-15H,1,7,12H2,3-4H3,(H,26,28,30)/b20-14+. The monoisotopic (exact) mass is 430 g/mol. The summed E-state index contributed by atoms with van der Waals surface area (Å²) in [5.41, 5.74) is 2.38. The normalized spacial score (nSPS) is 14.7. The third-order valence-corrected chi connectivity index (χ3v) is 4.74. The van der Waals surface area contributed by atoms with Crippen LogP contribution >= 0.6 is 0 Å². The van der Waals surface area contributed by atoms with Crippen molar-refractivity contribution in [1.82, 2.24) is 5.32 Å². The maximum absolute atomic E-state index is 13.1. The van der Waals surface area contributed by atoms with Crippen LogP contribution in [0.15, 0.2) is 54.6 Å². The second-order valence-electron chi connectivity index (χ2n) is 6.99. The molecular weight excluding hydrogens is 408 g/mol. The number of anilines is 1. The van der Waals surface area contributed by atoms with Gasteiger partial charge < -0.3 is 9.47 Å². The Labute approximate surface area is 186 Å². The van der Waals surface area contributed by atoms with Crippen molar-refractivity contribution in [2.75, 3.05) is 18.6 Å². The molecule has 32 heavy (non-hydrogen) atoms. The van der Waals surface area contributed by atoms with Gasteiger partial charge in [0.25, 0.3) is 11.8 Å². The molecule has 0 spiro atoms. The first-order valence-corrected chi connectivity index (χ1v) is 9.75. The highest BCUT2D eigenvalue weighted by Gasteiger charge is 2.36. The minimum atomic E-state index is -0.802. The van der Waals surface area contributed by atoms with E-state index in [1.54, 1.807) is 42.5 Å². The number of methoxy groups -OCH3 is 1. The topological polar surface area (TPSA) is 84.9 Å². The zero-order chi connectivity index (χ0) is 23.3. The van der Waals surface area contributed by atoms with Gasteiger partial charge in [-0.1, -0.05) is 29.7 Å². The van der Waals surface area contributed by atoms with Gasteiger partial charge in [-0.15, -0.1) is 13.0 Å². The molecule has 2 aromatic carbocycles. The van der Waals surface area contributed by atoms with Gasteiger partial charge >= 0.3 is 6.03 Å². The molecule has 0 saturated carbocycles. The predicted octanol–water partition coefficient (Wildman–Crippen LogP) is 3.41. The lowest BCUT2D eigenvalue weighted by molar-refractivity contribution is -0.122. The lowest BCUT2D eigenvalue weighted by atomic mass is 10.0. The van der Waals surface area contributed by atoms with E-state index in [2.05, 4.69) is 17.8 Å². The molecule has 0 atom stereocenters. The van der Waals surface area contributed by atoms with E-state index in [0.717, 1.165) is 16.0 Å². The second-order valence-corrected chi connectivity index (χ2v) is 6.99. The molecule has 1 N–H and O–H groups in total. The van der Waals surface area contributed by atoms with Crippen molar-refractivity contribution in [3.8, 4) is 23.8 Å². The summed E-state index contributed by atoms with van der Waals surface area (Å²) >= 11 is 0. The van der Waals surface area contributed by atoms with Crippen LogP contribution in [-0.4, -0.2) is 31.6 Å². The predicted molar refractivity (Wildman–Crippen MR) is 121 cm³/mol. The molecule has 0 aliphatic carbocycles. The number of carbonyl (C=O) groups excluding carboxylic acids is 3. The molecule has 162 valence electrons. The minimum Gasteiger partial charge on any atom is -0.493 e. The highest BCUT2D eigenvalue weighted by atomic mass is 16.5. The maximum Gasteiger partial charge on any atom is 0.335 e. The number of urea groups is 1. The molecule has 0 unspecified atom stereocenters. The minimum absolute atomic E-state index is 0.0510. The van der Waals surface area contributed by atoms with Crippen LogP contribution in [0.4, 0.5) is 10.5 Å². The number of carbonyl (C=O) groups is 3. The van der Waals surface area contributed by atoms with Gasteiger partial charge in [0, 0.05) is 5.56 Å². The molecule has 1 fully saturated rings. The van der Waals surface area contributed by atoms with Crippen molar-refractivity contribution in [1.29, 1.82) is 0 Å². The molecule has 0 bridgehead atoms. The van der Waals surface area contributed by atoms with E-state index in [9.17, 15) is 14.4 Å². The van der Waals surface area contributed by atoms with Gasteiger partial charge in [0.15, 0.2) is 11.5 Å². The van der Waals surface area contributed by atoms with Crippen LogP contribution in [0.3, 0.4) is 0 Å². The molecular formula is C25H22N2O5. The SMILES string of the molecule is C#CCOc1c(CC=C)cc(/C=C2\C(=O)NC(=O)N(c3ccc(C)cc3)C2=O)cc1OC. The average molecular weight is 430 g/mol. The van der Waals surface area contributed by atoms with E-state index in [1.807, 2.05) is 6.92 Å². The fourth-order valence-electron chi connectivity index (χ4n) is 3.26. The molecule has 7 heteroatoms. The number of imide groups is 2. The van der Waals surface area contributed by atoms with E-state index in [-0.39, 0.29) is 12.2 Å².